The Morgan fingerprint density at radius 3 is 2.64 bits per heavy atom. The van der Waals surface area contributed by atoms with E-state index >= 15 is 0 Å². The first-order valence-electron chi connectivity index (χ1n) is 9.49. The topological polar surface area (TPSA) is 67.9 Å². The average Bonchev–Trinajstić information content (AvgIpc) is 3.10. The molecule has 1 fully saturated rings. The van der Waals surface area contributed by atoms with Gasteiger partial charge in [0.25, 0.3) is 0 Å². The van der Waals surface area contributed by atoms with Crippen LogP contribution in [0.5, 0.6) is 5.75 Å². The van der Waals surface area contributed by atoms with Crippen LogP contribution in [-0.4, -0.2) is 52.8 Å². The highest BCUT2D eigenvalue weighted by molar-refractivity contribution is 7.89. The monoisotopic (exact) mass is 404 g/mol. The highest BCUT2D eigenvalue weighted by Gasteiger charge is 2.27. The molecule has 28 heavy (non-hydrogen) atoms. The van der Waals surface area contributed by atoms with Crippen LogP contribution in [0.2, 0.25) is 0 Å². The van der Waals surface area contributed by atoms with E-state index in [1.807, 2.05) is 25.1 Å². The number of likely N-dealkylation sites (tertiary alicyclic amines) is 1. The highest BCUT2D eigenvalue weighted by Crippen LogP contribution is 2.23. The van der Waals surface area contributed by atoms with Crippen molar-refractivity contribution in [2.45, 2.75) is 30.8 Å². The van der Waals surface area contributed by atoms with Gasteiger partial charge in [0.05, 0.1) is 11.5 Å². The number of hydrogen-bond acceptors (Lipinski definition) is 5. The molecule has 0 spiro atoms. The molecule has 0 unspecified atom stereocenters. The Bertz CT molecular complexity index is 871. The Balaban J connectivity index is 1.58. The van der Waals surface area contributed by atoms with Crippen molar-refractivity contribution in [2.75, 3.05) is 33.4 Å². The highest BCUT2D eigenvalue weighted by atomic mass is 32.2. The summed E-state index contributed by atoms with van der Waals surface area (Å²) in [5.74, 6) is 0.672. The molecule has 0 saturated carbocycles. The first-order valence-corrected chi connectivity index (χ1v) is 11.0. The lowest BCUT2D eigenvalue weighted by molar-refractivity contribution is 0.146. The Morgan fingerprint density at radius 2 is 1.93 bits per heavy atom. The molecule has 1 aliphatic heterocycles. The van der Waals surface area contributed by atoms with E-state index < -0.39 is 10.0 Å². The molecule has 0 radical (unpaired) electrons. The second-order valence-electron chi connectivity index (χ2n) is 7.10. The van der Waals surface area contributed by atoms with Gasteiger partial charge in [-0.1, -0.05) is 30.3 Å². The van der Waals surface area contributed by atoms with Crippen molar-refractivity contribution in [3.05, 3.63) is 59.7 Å². The zero-order valence-electron chi connectivity index (χ0n) is 16.4. The Hall–Kier alpha value is -1.93. The van der Waals surface area contributed by atoms with Gasteiger partial charge >= 0.3 is 0 Å². The molecule has 1 heterocycles. The van der Waals surface area contributed by atoms with E-state index in [0.29, 0.717) is 25.5 Å². The van der Waals surface area contributed by atoms with Crippen molar-refractivity contribution in [2.24, 2.45) is 0 Å². The Morgan fingerprint density at radius 1 is 1.14 bits per heavy atom. The summed E-state index contributed by atoms with van der Waals surface area (Å²) in [6.07, 6.45) is 0.809. The molecule has 0 bridgehead atoms. The predicted molar refractivity (Wildman–Crippen MR) is 109 cm³/mol. The molecule has 0 aromatic heterocycles. The van der Waals surface area contributed by atoms with E-state index in [9.17, 15) is 8.42 Å². The van der Waals surface area contributed by atoms with Crippen LogP contribution in [0.1, 0.15) is 17.5 Å². The maximum atomic E-state index is 12.8. The van der Waals surface area contributed by atoms with Crippen LogP contribution in [-0.2, 0) is 21.3 Å². The van der Waals surface area contributed by atoms with Crippen molar-refractivity contribution < 1.29 is 17.9 Å². The third kappa shape index (κ3) is 5.54. The standard InChI is InChI=1S/C21H28N2O4S/c1-17-14-20(8-9-21(17)27-13-12-26-2)28(24,25)22-19-10-11-23(16-19)15-18-6-4-3-5-7-18/h3-9,14,19,22H,10-13,15-16H2,1-2H3/t19-/m0/s1. The lowest BCUT2D eigenvalue weighted by Crippen LogP contribution is -2.37. The van der Waals surface area contributed by atoms with E-state index in [2.05, 4.69) is 21.8 Å². The first kappa shape index (κ1) is 20.8. The first-order chi connectivity index (χ1) is 13.5. The normalized spacial score (nSPS) is 17.7. The number of hydrogen-bond donors (Lipinski definition) is 1. The third-order valence-corrected chi connectivity index (χ3v) is 6.36. The second-order valence-corrected chi connectivity index (χ2v) is 8.81. The molecule has 6 nitrogen and oxygen atoms in total. The maximum absolute atomic E-state index is 12.8. The molecular formula is C21H28N2O4S. The summed E-state index contributed by atoms with van der Waals surface area (Å²) in [4.78, 5) is 2.55. The van der Waals surface area contributed by atoms with Crippen molar-refractivity contribution in [1.29, 1.82) is 0 Å². The fourth-order valence-electron chi connectivity index (χ4n) is 3.39. The van der Waals surface area contributed by atoms with Gasteiger partial charge in [-0.2, -0.15) is 0 Å². The summed E-state index contributed by atoms with van der Waals surface area (Å²) < 4.78 is 39.0. The van der Waals surface area contributed by atoms with Crippen LogP contribution in [0.3, 0.4) is 0 Å². The van der Waals surface area contributed by atoms with Crippen molar-refractivity contribution >= 4 is 10.0 Å². The summed E-state index contributed by atoms with van der Waals surface area (Å²) in [5, 5.41) is 0. The number of ether oxygens (including phenoxy) is 2. The van der Waals surface area contributed by atoms with E-state index in [-0.39, 0.29) is 10.9 Å². The molecule has 2 aromatic rings. The van der Waals surface area contributed by atoms with Gasteiger partial charge in [-0.15, -0.1) is 0 Å². The fourth-order valence-corrected chi connectivity index (χ4v) is 4.73. The number of nitrogens with zero attached hydrogens (tertiary/aromatic N) is 1. The molecule has 7 heteroatoms. The van der Waals surface area contributed by atoms with Gasteiger partial charge in [0, 0.05) is 32.8 Å². The quantitative estimate of drug-likeness (QED) is 0.651. The van der Waals surface area contributed by atoms with Crippen LogP contribution in [0.25, 0.3) is 0 Å². The van der Waals surface area contributed by atoms with Crippen LogP contribution in [0.4, 0.5) is 0 Å². The predicted octanol–water partition coefficient (Wildman–Crippen LogP) is 2.57. The van der Waals surface area contributed by atoms with Gasteiger partial charge in [0.1, 0.15) is 12.4 Å². The second kappa shape index (κ2) is 9.52. The summed E-state index contributed by atoms with van der Waals surface area (Å²) >= 11 is 0. The molecule has 0 aliphatic carbocycles. The zero-order valence-corrected chi connectivity index (χ0v) is 17.2. The summed E-state index contributed by atoms with van der Waals surface area (Å²) in [5.41, 5.74) is 2.03. The number of benzene rings is 2. The largest absolute Gasteiger partial charge is 0.491 e. The van der Waals surface area contributed by atoms with Gasteiger partial charge in [0.2, 0.25) is 10.0 Å². The van der Waals surface area contributed by atoms with Crippen molar-refractivity contribution in [1.82, 2.24) is 9.62 Å². The van der Waals surface area contributed by atoms with E-state index in [1.165, 1.54) is 5.56 Å². The van der Waals surface area contributed by atoms with Crippen molar-refractivity contribution in [3.63, 3.8) is 0 Å². The number of rotatable bonds is 9. The van der Waals surface area contributed by atoms with Crippen molar-refractivity contribution in [3.8, 4) is 5.75 Å². The van der Waals surface area contributed by atoms with Gasteiger partial charge in [-0.3, -0.25) is 4.90 Å². The van der Waals surface area contributed by atoms with Gasteiger partial charge in [-0.05, 0) is 42.7 Å². The van der Waals surface area contributed by atoms with Crippen LogP contribution in [0, 0.1) is 6.92 Å². The van der Waals surface area contributed by atoms with Crippen LogP contribution >= 0.6 is 0 Å². The number of aryl methyl sites for hydroxylation is 1. The lowest BCUT2D eigenvalue weighted by Gasteiger charge is -2.17. The third-order valence-electron chi connectivity index (χ3n) is 4.84. The molecule has 1 atom stereocenters. The van der Waals surface area contributed by atoms with E-state index in [1.54, 1.807) is 25.3 Å². The van der Waals surface area contributed by atoms with Gasteiger partial charge in [0.15, 0.2) is 0 Å². The molecule has 1 aliphatic rings. The van der Waals surface area contributed by atoms with Crippen LogP contribution in [0.15, 0.2) is 53.4 Å². The van der Waals surface area contributed by atoms with Gasteiger partial charge < -0.3 is 9.47 Å². The molecule has 1 N–H and O–H groups in total. The molecule has 1 saturated heterocycles. The smallest absolute Gasteiger partial charge is 0.240 e. The van der Waals surface area contributed by atoms with Crippen LogP contribution < -0.4 is 9.46 Å². The Kier molecular flexibility index (Phi) is 7.07. The molecule has 152 valence electrons. The zero-order chi connectivity index (χ0) is 20.0. The molecule has 3 rings (SSSR count). The number of nitrogens with one attached hydrogen (secondary N) is 1. The molecular weight excluding hydrogens is 376 g/mol. The lowest BCUT2D eigenvalue weighted by atomic mass is 10.2. The summed E-state index contributed by atoms with van der Waals surface area (Å²) in [6.45, 7) is 5.20. The molecule has 0 amide bonds. The SMILES string of the molecule is COCCOc1ccc(S(=O)(=O)N[C@H]2CCN(Cc3ccccc3)C2)cc1C. The summed E-state index contributed by atoms with van der Waals surface area (Å²) in [6, 6.07) is 15.1. The van der Waals surface area contributed by atoms with E-state index in [4.69, 9.17) is 9.47 Å². The fraction of sp³-hybridized carbons (Fsp3) is 0.429. The minimum atomic E-state index is -3.56. The average molecular weight is 405 g/mol. The Labute approximate surface area is 167 Å². The molecule has 2 aromatic carbocycles. The minimum Gasteiger partial charge on any atom is -0.491 e. The van der Waals surface area contributed by atoms with E-state index in [0.717, 1.165) is 25.1 Å². The van der Waals surface area contributed by atoms with Gasteiger partial charge in [-0.25, -0.2) is 13.1 Å². The number of sulfonamides is 1. The summed E-state index contributed by atoms with van der Waals surface area (Å²) in [7, 11) is -1.95. The number of methoxy groups -OCH3 is 1. The minimum absolute atomic E-state index is 0.0772. The maximum Gasteiger partial charge on any atom is 0.240 e.